The number of sulfonamides is 1. The fraction of sp³-hybridized carbons (Fsp3) is 1.00. The van der Waals surface area contributed by atoms with Gasteiger partial charge in [0.15, 0.2) is 0 Å². The van der Waals surface area contributed by atoms with Crippen LogP contribution < -0.4 is 0 Å². The highest BCUT2D eigenvalue weighted by Gasteiger charge is 2.38. The first-order valence-corrected chi connectivity index (χ1v) is 8.46. The van der Waals surface area contributed by atoms with Crippen molar-refractivity contribution >= 4 is 10.0 Å². The summed E-state index contributed by atoms with van der Waals surface area (Å²) in [6.45, 7) is 9.08. The molecule has 0 atom stereocenters. The number of hydrogen-bond donors (Lipinski definition) is 1. The van der Waals surface area contributed by atoms with Crippen LogP contribution in [0.5, 0.6) is 0 Å². The smallest absolute Gasteiger partial charge is 0.211 e. The van der Waals surface area contributed by atoms with Gasteiger partial charge in [-0.1, -0.05) is 13.8 Å². The van der Waals surface area contributed by atoms with Gasteiger partial charge in [-0.3, -0.25) is 0 Å². The predicted octanol–water partition coefficient (Wildman–Crippen LogP) is 1.85. The molecule has 1 aliphatic rings. The van der Waals surface area contributed by atoms with E-state index in [1.165, 1.54) is 6.26 Å². The van der Waals surface area contributed by atoms with Gasteiger partial charge in [0.05, 0.1) is 11.9 Å². The van der Waals surface area contributed by atoms with Crippen LogP contribution in [0.4, 0.5) is 0 Å². The lowest BCUT2D eigenvalue weighted by Crippen LogP contribution is -2.43. The van der Waals surface area contributed by atoms with Crippen LogP contribution in [-0.4, -0.2) is 42.8 Å². The first-order valence-electron chi connectivity index (χ1n) is 6.61. The molecule has 0 aromatic carbocycles. The van der Waals surface area contributed by atoms with Crippen molar-refractivity contribution in [3.63, 3.8) is 0 Å². The summed E-state index contributed by atoms with van der Waals surface area (Å²) in [6, 6.07) is 0. The Kier molecular flexibility index (Phi) is 4.51. The topological polar surface area (TPSA) is 57.6 Å². The molecule has 1 heterocycles. The number of hydrogen-bond acceptors (Lipinski definition) is 3. The predicted molar refractivity (Wildman–Crippen MR) is 73.8 cm³/mol. The zero-order valence-electron chi connectivity index (χ0n) is 12.2. The molecule has 0 aromatic rings. The van der Waals surface area contributed by atoms with Crippen molar-refractivity contribution < 1.29 is 13.5 Å². The SMILES string of the molecule is CC(C)(O)C(C)(C)CC1CCN(S(C)(=O)=O)CC1. The zero-order chi connectivity index (χ0) is 14.2. The largest absolute Gasteiger partial charge is 0.390 e. The summed E-state index contributed by atoms with van der Waals surface area (Å²) in [4.78, 5) is 0. The lowest BCUT2D eigenvalue weighted by molar-refractivity contribution is -0.0504. The van der Waals surface area contributed by atoms with E-state index in [1.807, 2.05) is 13.8 Å². The molecular formula is C13H27NO3S. The van der Waals surface area contributed by atoms with Gasteiger partial charge in [0, 0.05) is 13.1 Å². The lowest BCUT2D eigenvalue weighted by atomic mass is 9.70. The molecule has 1 aliphatic heterocycles. The van der Waals surface area contributed by atoms with Crippen molar-refractivity contribution in [2.45, 2.75) is 52.6 Å². The second-order valence-corrected chi connectivity index (χ2v) is 8.73. The highest BCUT2D eigenvalue weighted by molar-refractivity contribution is 7.88. The van der Waals surface area contributed by atoms with E-state index in [0.29, 0.717) is 19.0 Å². The van der Waals surface area contributed by atoms with Crippen molar-refractivity contribution in [2.24, 2.45) is 11.3 Å². The molecule has 4 nitrogen and oxygen atoms in total. The van der Waals surface area contributed by atoms with Crippen molar-refractivity contribution in [1.82, 2.24) is 4.31 Å². The third-order valence-electron chi connectivity index (χ3n) is 4.50. The Bertz CT molecular complexity index is 374. The number of rotatable bonds is 4. The molecule has 1 saturated heterocycles. The van der Waals surface area contributed by atoms with Crippen LogP contribution in [0.3, 0.4) is 0 Å². The molecule has 0 amide bonds. The standard InChI is InChI=1S/C13H27NO3S/c1-12(2,13(3,4)15)10-11-6-8-14(9-7-11)18(5,16)17/h11,15H,6-10H2,1-5H3. The molecule has 1 rings (SSSR count). The molecule has 1 N–H and O–H groups in total. The molecule has 0 bridgehead atoms. The van der Waals surface area contributed by atoms with E-state index in [2.05, 4.69) is 13.8 Å². The van der Waals surface area contributed by atoms with Crippen LogP contribution in [0.1, 0.15) is 47.0 Å². The summed E-state index contributed by atoms with van der Waals surface area (Å²) < 4.78 is 24.4. The average Bonchev–Trinajstić information content (AvgIpc) is 2.14. The third kappa shape index (κ3) is 3.93. The molecule has 0 aliphatic carbocycles. The fourth-order valence-corrected chi connectivity index (χ4v) is 3.29. The van der Waals surface area contributed by atoms with Crippen LogP contribution in [0, 0.1) is 11.3 Å². The van der Waals surface area contributed by atoms with Crippen LogP contribution >= 0.6 is 0 Å². The summed E-state index contributed by atoms with van der Waals surface area (Å²) >= 11 is 0. The van der Waals surface area contributed by atoms with Crippen molar-refractivity contribution in [1.29, 1.82) is 0 Å². The van der Waals surface area contributed by atoms with Crippen molar-refractivity contribution in [3.05, 3.63) is 0 Å². The average molecular weight is 277 g/mol. The lowest BCUT2D eigenvalue weighted by Gasteiger charge is -2.41. The molecule has 0 spiro atoms. The summed E-state index contributed by atoms with van der Waals surface area (Å²) in [7, 11) is -3.04. The molecule has 0 unspecified atom stereocenters. The molecule has 0 radical (unpaired) electrons. The maximum atomic E-state index is 11.4. The number of piperidine rings is 1. The Hall–Kier alpha value is -0.130. The Balaban J connectivity index is 2.55. The van der Waals surface area contributed by atoms with Crippen LogP contribution in [0.15, 0.2) is 0 Å². The normalized spacial score (nSPS) is 21.2. The Labute approximate surface area is 111 Å². The maximum Gasteiger partial charge on any atom is 0.211 e. The highest BCUT2D eigenvalue weighted by Crippen LogP contribution is 2.39. The molecule has 108 valence electrons. The van der Waals surface area contributed by atoms with Gasteiger partial charge < -0.3 is 5.11 Å². The summed E-state index contributed by atoms with van der Waals surface area (Å²) in [5, 5.41) is 10.2. The Morgan fingerprint density at radius 1 is 1.17 bits per heavy atom. The number of aliphatic hydroxyl groups is 1. The Morgan fingerprint density at radius 2 is 1.61 bits per heavy atom. The van der Waals surface area contributed by atoms with Crippen LogP contribution in [-0.2, 0) is 10.0 Å². The molecule has 18 heavy (non-hydrogen) atoms. The third-order valence-corrected chi connectivity index (χ3v) is 5.80. The van der Waals surface area contributed by atoms with Gasteiger partial charge in [-0.25, -0.2) is 12.7 Å². The zero-order valence-corrected chi connectivity index (χ0v) is 13.0. The van der Waals surface area contributed by atoms with Gasteiger partial charge in [0.2, 0.25) is 10.0 Å². The first-order chi connectivity index (χ1) is 7.93. The summed E-state index contributed by atoms with van der Waals surface area (Å²) in [5.74, 6) is 0.504. The summed E-state index contributed by atoms with van der Waals surface area (Å²) in [5.41, 5.74) is -0.855. The van der Waals surface area contributed by atoms with Gasteiger partial charge in [-0.15, -0.1) is 0 Å². The molecule has 5 heteroatoms. The quantitative estimate of drug-likeness (QED) is 0.853. The first kappa shape index (κ1) is 15.9. The monoisotopic (exact) mass is 277 g/mol. The molecular weight excluding hydrogens is 250 g/mol. The molecule has 1 fully saturated rings. The van der Waals surface area contributed by atoms with E-state index in [1.54, 1.807) is 4.31 Å². The Morgan fingerprint density at radius 3 is 1.94 bits per heavy atom. The van der Waals surface area contributed by atoms with E-state index in [-0.39, 0.29) is 5.41 Å². The second-order valence-electron chi connectivity index (χ2n) is 6.75. The van der Waals surface area contributed by atoms with Crippen LogP contribution in [0.2, 0.25) is 0 Å². The minimum Gasteiger partial charge on any atom is -0.390 e. The van der Waals surface area contributed by atoms with E-state index in [0.717, 1.165) is 19.3 Å². The van der Waals surface area contributed by atoms with E-state index < -0.39 is 15.6 Å². The van der Waals surface area contributed by atoms with Crippen molar-refractivity contribution in [3.8, 4) is 0 Å². The van der Waals surface area contributed by atoms with Crippen molar-refractivity contribution in [2.75, 3.05) is 19.3 Å². The van der Waals surface area contributed by atoms with E-state index in [9.17, 15) is 13.5 Å². The van der Waals surface area contributed by atoms with Gasteiger partial charge >= 0.3 is 0 Å². The second kappa shape index (κ2) is 5.10. The molecule has 0 saturated carbocycles. The van der Waals surface area contributed by atoms with Gasteiger partial charge in [-0.2, -0.15) is 0 Å². The van der Waals surface area contributed by atoms with Gasteiger partial charge in [0.25, 0.3) is 0 Å². The molecule has 0 aromatic heterocycles. The van der Waals surface area contributed by atoms with Gasteiger partial charge in [0.1, 0.15) is 0 Å². The summed E-state index contributed by atoms with van der Waals surface area (Å²) in [6.07, 6.45) is 4.00. The van der Waals surface area contributed by atoms with E-state index >= 15 is 0 Å². The van der Waals surface area contributed by atoms with E-state index in [4.69, 9.17) is 0 Å². The minimum atomic E-state index is -3.04. The number of nitrogens with zero attached hydrogens (tertiary/aromatic N) is 1. The fourth-order valence-electron chi connectivity index (χ4n) is 2.42. The highest BCUT2D eigenvalue weighted by atomic mass is 32.2. The maximum absolute atomic E-state index is 11.4. The minimum absolute atomic E-state index is 0.148. The van der Waals surface area contributed by atoms with Gasteiger partial charge in [-0.05, 0) is 44.4 Å². The van der Waals surface area contributed by atoms with Crippen LogP contribution in [0.25, 0.3) is 0 Å².